The van der Waals surface area contributed by atoms with Crippen molar-refractivity contribution >= 4 is 0 Å². The minimum Gasteiger partial charge on any atom is -0.479 e. The van der Waals surface area contributed by atoms with E-state index in [1.54, 1.807) is 0 Å². The smallest absolute Gasteiger partial charge is 0.174 e. The third-order valence-electron chi connectivity index (χ3n) is 4.53. The third-order valence-corrected chi connectivity index (χ3v) is 4.53. The van der Waals surface area contributed by atoms with Gasteiger partial charge in [0.25, 0.3) is 0 Å². The van der Waals surface area contributed by atoms with E-state index in [-0.39, 0.29) is 6.61 Å². The fourth-order valence-electron chi connectivity index (χ4n) is 3.08. The van der Waals surface area contributed by atoms with Crippen LogP contribution in [-0.4, -0.2) is 13.2 Å². The second-order valence-electron chi connectivity index (χ2n) is 6.02. The maximum Gasteiger partial charge on any atom is 0.174 e. The van der Waals surface area contributed by atoms with Crippen molar-refractivity contribution in [2.75, 3.05) is 13.2 Å². The molecule has 1 aromatic carbocycles. The summed E-state index contributed by atoms with van der Waals surface area (Å²) in [5, 5.41) is 12.0. The number of ether oxygens (including phenoxy) is 1. The van der Waals surface area contributed by atoms with Crippen LogP contribution in [-0.2, 0) is 6.54 Å². The lowest BCUT2D eigenvalue weighted by Gasteiger charge is -2.27. The molecule has 0 aromatic heterocycles. The van der Waals surface area contributed by atoms with Crippen LogP contribution in [0.5, 0.6) is 5.75 Å². The van der Waals surface area contributed by atoms with E-state index in [0.29, 0.717) is 0 Å². The van der Waals surface area contributed by atoms with Gasteiger partial charge in [0, 0.05) is 6.54 Å². The first-order valence-corrected chi connectivity index (χ1v) is 8.11. The molecule has 0 bridgehead atoms. The van der Waals surface area contributed by atoms with Crippen molar-refractivity contribution in [1.82, 2.24) is 5.32 Å². The molecule has 1 aliphatic carbocycles. The highest BCUT2D eigenvalue weighted by atomic mass is 16.5. The fourth-order valence-corrected chi connectivity index (χ4v) is 3.08. The average Bonchev–Trinajstić information content (AvgIpc) is 2.55. The molecule has 1 saturated carbocycles. The molecule has 0 aliphatic heterocycles. The molecule has 3 nitrogen and oxygen atoms in total. The van der Waals surface area contributed by atoms with Gasteiger partial charge in [-0.1, -0.05) is 38.3 Å². The Balaban J connectivity index is 1.66. The maximum atomic E-state index is 8.47. The predicted molar refractivity (Wildman–Crippen MR) is 85.0 cm³/mol. The lowest BCUT2D eigenvalue weighted by atomic mass is 9.81. The second-order valence-corrected chi connectivity index (χ2v) is 6.02. The van der Waals surface area contributed by atoms with Gasteiger partial charge in [-0.25, -0.2) is 0 Å². The fraction of sp³-hybridized carbons (Fsp3) is 0.611. The molecule has 0 unspecified atom stereocenters. The van der Waals surface area contributed by atoms with Gasteiger partial charge in [-0.3, -0.25) is 0 Å². The molecule has 21 heavy (non-hydrogen) atoms. The highest BCUT2D eigenvalue weighted by Gasteiger charge is 2.19. The Morgan fingerprint density at radius 2 is 1.81 bits per heavy atom. The molecule has 2 rings (SSSR count). The number of benzene rings is 1. The van der Waals surface area contributed by atoms with E-state index < -0.39 is 0 Å². The highest BCUT2D eigenvalue weighted by Crippen LogP contribution is 2.30. The summed E-state index contributed by atoms with van der Waals surface area (Å²) < 4.78 is 5.25. The Morgan fingerprint density at radius 1 is 1.14 bits per heavy atom. The van der Waals surface area contributed by atoms with Crippen LogP contribution in [0.3, 0.4) is 0 Å². The van der Waals surface area contributed by atoms with Gasteiger partial charge < -0.3 is 10.1 Å². The molecule has 0 radical (unpaired) electrons. The van der Waals surface area contributed by atoms with Gasteiger partial charge in [-0.15, -0.1) is 0 Å². The molecule has 1 N–H and O–H groups in total. The van der Waals surface area contributed by atoms with Gasteiger partial charge in [-0.05, 0) is 48.9 Å². The average molecular weight is 286 g/mol. The highest BCUT2D eigenvalue weighted by molar-refractivity contribution is 5.27. The zero-order valence-corrected chi connectivity index (χ0v) is 13.0. The number of rotatable bonds is 7. The molecule has 1 aromatic rings. The van der Waals surface area contributed by atoms with Crippen LogP contribution in [0.4, 0.5) is 0 Å². The Kier molecular flexibility index (Phi) is 6.56. The first kappa shape index (κ1) is 15.9. The Bertz CT molecular complexity index is 441. The van der Waals surface area contributed by atoms with Gasteiger partial charge in [0.2, 0.25) is 0 Å². The third kappa shape index (κ3) is 5.40. The van der Waals surface area contributed by atoms with E-state index in [1.165, 1.54) is 37.7 Å². The molecular weight excluding hydrogens is 260 g/mol. The Labute approximate surface area is 128 Å². The summed E-state index contributed by atoms with van der Waals surface area (Å²) in [6.07, 6.45) is 6.93. The summed E-state index contributed by atoms with van der Waals surface area (Å²) in [6, 6.07) is 9.96. The largest absolute Gasteiger partial charge is 0.479 e. The molecule has 0 atom stereocenters. The summed E-state index contributed by atoms with van der Waals surface area (Å²) in [7, 11) is 0. The topological polar surface area (TPSA) is 45.0 Å². The quantitative estimate of drug-likeness (QED) is 0.827. The van der Waals surface area contributed by atoms with Crippen molar-refractivity contribution in [1.29, 1.82) is 5.26 Å². The monoisotopic (exact) mass is 286 g/mol. The normalized spacial score (nSPS) is 21.7. The molecular formula is C18H26N2O. The second kappa shape index (κ2) is 8.69. The van der Waals surface area contributed by atoms with E-state index in [4.69, 9.17) is 10.00 Å². The molecule has 3 heteroatoms. The van der Waals surface area contributed by atoms with Crippen LogP contribution < -0.4 is 10.1 Å². The van der Waals surface area contributed by atoms with Crippen LogP contribution >= 0.6 is 0 Å². The van der Waals surface area contributed by atoms with Crippen molar-refractivity contribution in [2.24, 2.45) is 11.8 Å². The van der Waals surface area contributed by atoms with Crippen molar-refractivity contribution in [3.63, 3.8) is 0 Å². The summed E-state index contributed by atoms with van der Waals surface area (Å²) in [5.41, 5.74) is 1.27. The molecule has 114 valence electrons. The van der Waals surface area contributed by atoms with Gasteiger partial charge in [0.05, 0.1) is 0 Å². The number of hydrogen-bond donors (Lipinski definition) is 1. The van der Waals surface area contributed by atoms with E-state index in [1.807, 2.05) is 18.2 Å². The number of nitrogens with one attached hydrogen (secondary N) is 1. The minimum atomic E-state index is 0.109. The number of hydrogen-bond acceptors (Lipinski definition) is 3. The van der Waals surface area contributed by atoms with E-state index in [9.17, 15) is 0 Å². The molecule has 0 spiro atoms. The summed E-state index contributed by atoms with van der Waals surface area (Å²) in [5.74, 6) is 2.59. The summed E-state index contributed by atoms with van der Waals surface area (Å²) >= 11 is 0. The summed E-state index contributed by atoms with van der Waals surface area (Å²) in [6.45, 7) is 4.46. The zero-order chi connectivity index (χ0) is 14.9. The lowest BCUT2D eigenvalue weighted by molar-refractivity contribution is 0.262. The Morgan fingerprint density at radius 3 is 2.43 bits per heavy atom. The van der Waals surface area contributed by atoms with Crippen molar-refractivity contribution in [3.8, 4) is 11.8 Å². The van der Waals surface area contributed by atoms with Gasteiger partial charge in [0.15, 0.2) is 6.61 Å². The zero-order valence-electron chi connectivity index (χ0n) is 13.0. The first-order valence-electron chi connectivity index (χ1n) is 8.11. The summed E-state index contributed by atoms with van der Waals surface area (Å²) in [4.78, 5) is 0. The van der Waals surface area contributed by atoms with Crippen molar-refractivity contribution in [3.05, 3.63) is 29.8 Å². The number of nitrogens with zero attached hydrogens (tertiary/aromatic N) is 1. The van der Waals surface area contributed by atoms with E-state index >= 15 is 0 Å². The van der Waals surface area contributed by atoms with Crippen LogP contribution in [0.1, 0.15) is 44.6 Å². The van der Waals surface area contributed by atoms with Crippen molar-refractivity contribution < 1.29 is 4.74 Å². The molecule has 1 aliphatic rings. The molecule has 1 fully saturated rings. The van der Waals surface area contributed by atoms with Gasteiger partial charge in [-0.2, -0.15) is 5.26 Å². The van der Waals surface area contributed by atoms with Gasteiger partial charge >= 0.3 is 0 Å². The number of nitriles is 1. The van der Waals surface area contributed by atoms with Crippen LogP contribution in [0, 0.1) is 23.2 Å². The van der Waals surface area contributed by atoms with Gasteiger partial charge in [0.1, 0.15) is 11.8 Å². The van der Waals surface area contributed by atoms with E-state index in [0.717, 1.165) is 30.7 Å². The SMILES string of the molecule is CCC1CCC(CNCc2ccc(OCC#N)cc2)CC1. The van der Waals surface area contributed by atoms with Crippen molar-refractivity contribution in [2.45, 2.75) is 45.6 Å². The predicted octanol–water partition coefficient (Wildman–Crippen LogP) is 3.89. The first-order chi connectivity index (χ1) is 10.3. The molecule has 0 heterocycles. The van der Waals surface area contributed by atoms with Crippen LogP contribution in [0.15, 0.2) is 24.3 Å². The lowest BCUT2D eigenvalue weighted by Crippen LogP contribution is -2.26. The van der Waals surface area contributed by atoms with E-state index in [2.05, 4.69) is 24.4 Å². The molecule has 0 saturated heterocycles. The van der Waals surface area contributed by atoms with Crippen LogP contribution in [0.2, 0.25) is 0 Å². The maximum absolute atomic E-state index is 8.47. The standard InChI is InChI=1S/C18H26N2O/c1-2-15-3-5-16(6-4-15)13-20-14-17-7-9-18(10-8-17)21-12-11-19/h7-10,15-16,20H,2-6,12-14H2,1H3. The Hall–Kier alpha value is -1.53. The van der Waals surface area contributed by atoms with Crippen LogP contribution in [0.25, 0.3) is 0 Å². The molecule has 0 amide bonds. The minimum absolute atomic E-state index is 0.109.